The molecular formula is C24H21F3N4O3. The van der Waals surface area contributed by atoms with Crippen LogP contribution in [0.4, 0.5) is 18.9 Å². The number of alkyl halides is 3. The van der Waals surface area contributed by atoms with Crippen LogP contribution in [-0.2, 0) is 17.5 Å². The van der Waals surface area contributed by atoms with E-state index in [1.54, 1.807) is 13.8 Å². The van der Waals surface area contributed by atoms with E-state index < -0.39 is 34.9 Å². The molecule has 1 aromatic heterocycles. The predicted molar refractivity (Wildman–Crippen MR) is 116 cm³/mol. The van der Waals surface area contributed by atoms with Crippen LogP contribution in [-0.4, -0.2) is 33.7 Å². The minimum Gasteiger partial charge on any atom is -0.480 e. The van der Waals surface area contributed by atoms with Crippen LogP contribution in [0.15, 0.2) is 46.9 Å². The van der Waals surface area contributed by atoms with Crippen LogP contribution in [0.1, 0.15) is 30.9 Å². The lowest BCUT2D eigenvalue weighted by Crippen LogP contribution is -2.36. The van der Waals surface area contributed by atoms with Gasteiger partial charge in [0.15, 0.2) is 11.8 Å². The molecule has 0 aliphatic carbocycles. The number of benzene rings is 2. The Morgan fingerprint density at radius 2 is 2.00 bits per heavy atom. The lowest BCUT2D eigenvalue weighted by atomic mass is 9.89. The van der Waals surface area contributed by atoms with Crippen molar-refractivity contribution in [3.8, 4) is 17.2 Å². The highest BCUT2D eigenvalue weighted by Gasteiger charge is 2.48. The van der Waals surface area contributed by atoms with Crippen LogP contribution < -0.4 is 4.74 Å². The van der Waals surface area contributed by atoms with Crippen molar-refractivity contribution in [1.29, 1.82) is 0 Å². The third-order valence-electron chi connectivity index (χ3n) is 5.55. The molecule has 1 atom stereocenters. The van der Waals surface area contributed by atoms with Crippen LogP contribution in [0.25, 0.3) is 16.3 Å². The van der Waals surface area contributed by atoms with Gasteiger partial charge in [-0.25, -0.2) is 4.85 Å². The maximum Gasteiger partial charge on any atom is 0.407 e. The van der Waals surface area contributed by atoms with Gasteiger partial charge in [-0.2, -0.15) is 13.2 Å². The first kappa shape index (κ1) is 23.3. The molecule has 0 bridgehead atoms. The lowest BCUT2D eigenvalue weighted by Gasteiger charge is -2.24. The molecule has 1 fully saturated rings. The van der Waals surface area contributed by atoms with Crippen molar-refractivity contribution < 1.29 is 27.1 Å². The quantitative estimate of drug-likeness (QED) is 0.465. The maximum atomic E-state index is 13.3. The van der Waals surface area contributed by atoms with Gasteiger partial charge in [-0.05, 0) is 31.2 Å². The normalized spacial score (nSPS) is 17.6. The molecule has 7 nitrogen and oxygen atoms in total. The van der Waals surface area contributed by atoms with Gasteiger partial charge in [-0.15, -0.1) is 10.2 Å². The van der Waals surface area contributed by atoms with Gasteiger partial charge >= 0.3 is 6.18 Å². The molecule has 2 aromatic carbocycles. The van der Waals surface area contributed by atoms with Crippen molar-refractivity contribution in [3.63, 3.8) is 0 Å². The number of carbonyl (C=O) groups excluding carboxylic acids is 1. The zero-order valence-electron chi connectivity index (χ0n) is 18.7. The monoisotopic (exact) mass is 470 g/mol. The summed E-state index contributed by atoms with van der Waals surface area (Å²) in [4.78, 5) is 17.5. The van der Waals surface area contributed by atoms with Crippen molar-refractivity contribution in [3.05, 3.63) is 70.9 Å². The zero-order valence-corrected chi connectivity index (χ0v) is 18.7. The Kier molecular flexibility index (Phi) is 5.81. The first-order chi connectivity index (χ1) is 16.0. The van der Waals surface area contributed by atoms with Crippen molar-refractivity contribution in [2.45, 2.75) is 39.6 Å². The second kappa shape index (κ2) is 8.48. The number of aromatic nitrogens is 2. The molecule has 1 unspecified atom stereocenters. The van der Waals surface area contributed by atoms with Crippen molar-refractivity contribution >= 4 is 11.6 Å². The number of carbonyl (C=O) groups is 1. The van der Waals surface area contributed by atoms with Gasteiger partial charge < -0.3 is 14.1 Å². The summed E-state index contributed by atoms with van der Waals surface area (Å²) in [5, 5.41) is 8.08. The number of nitrogens with zero attached hydrogens (tertiary/aromatic N) is 4. The molecule has 2 heterocycles. The van der Waals surface area contributed by atoms with E-state index in [2.05, 4.69) is 15.0 Å². The molecule has 34 heavy (non-hydrogen) atoms. The summed E-state index contributed by atoms with van der Waals surface area (Å²) >= 11 is 0. The Morgan fingerprint density at radius 1 is 1.24 bits per heavy atom. The highest BCUT2D eigenvalue weighted by molar-refractivity contribution is 5.84. The van der Waals surface area contributed by atoms with Crippen LogP contribution >= 0.6 is 0 Å². The lowest BCUT2D eigenvalue weighted by molar-refractivity contribution is -0.137. The highest BCUT2D eigenvalue weighted by Crippen LogP contribution is 2.40. The fraction of sp³-hybridized carbons (Fsp3) is 0.333. The Balaban J connectivity index is 1.52. The summed E-state index contributed by atoms with van der Waals surface area (Å²) in [5.74, 6) is 0.0368. The number of likely N-dealkylation sites (tertiary alicyclic amines) is 1. The van der Waals surface area contributed by atoms with Gasteiger partial charge in [-0.1, -0.05) is 37.6 Å². The summed E-state index contributed by atoms with van der Waals surface area (Å²) in [6, 6.07) is 10.6. The van der Waals surface area contributed by atoms with Crippen molar-refractivity contribution in [2.24, 2.45) is 5.41 Å². The van der Waals surface area contributed by atoms with E-state index in [9.17, 15) is 18.0 Å². The Morgan fingerprint density at radius 3 is 2.68 bits per heavy atom. The summed E-state index contributed by atoms with van der Waals surface area (Å²) in [6.07, 6.45) is -5.74. The Labute approximate surface area is 194 Å². The minimum atomic E-state index is -4.71. The Bertz CT molecular complexity index is 1280. The number of hydrogen-bond acceptors (Lipinski definition) is 5. The van der Waals surface area contributed by atoms with E-state index >= 15 is 0 Å². The average molecular weight is 470 g/mol. The van der Waals surface area contributed by atoms with Crippen molar-refractivity contribution in [1.82, 2.24) is 15.1 Å². The third-order valence-corrected chi connectivity index (χ3v) is 5.55. The van der Waals surface area contributed by atoms with Crippen molar-refractivity contribution in [2.75, 3.05) is 6.54 Å². The van der Waals surface area contributed by atoms with Crippen LogP contribution in [0, 0.1) is 18.9 Å². The van der Waals surface area contributed by atoms with E-state index in [0.29, 0.717) is 5.89 Å². The molecule has 1 aliphatic heterocycles. The number of amides is 1. The fourth-order valence-electron chi connectivity index (χ4n) is 3.92. The van der Waals surface area contributed by atoms with Gasteiger partial charge in [0.1, 0.15) is 5.75 Å². The molecule has 1 aliphatic rings. The van der Waals surface area contributed by atoms with E-state index in [1.165, 1.54) is 11.0 Å². The van der Waals surface area contributed by atoms with E-state index in [0.717, 1.165) is 23.3 Å². The topological polar surface area (TPSA) is 72.8 Å². The average Bonchev–Trinajstić information content (AvgIpc) is 3.31. The zero-order chi connectivity index (χ0) is 24.7. The SMILES string of the molecule is [C-]#[N+]c1ccc(OC2C(=O)N(Cc3nnc(-c4cccc(C)c4)o3)CC2(C)C)cc1C(F)(F)F. The van der Waals surface area contributed by atoms with E-state index in [1.807, 2.05) is 31.2 Å². The number of ether oxygens (including phenoxy) is 1. The number of halogens is 3. The summed E-state index contributed by atoms with van der Waals surface area (Å²) in [6.45, 7) is 12.8. The second-order valence-electron chi connectivity index (χ2n) is 8.84. The molecular weight excluding hydrogens is 449 g/mol. The van der Waals surface area contributed by atoms with E-state index in [-0.39, 0.29) is 24.7 Å². The molecule has 0 spiro atoms. The van der Waals surface area contributed by atoms with Gasteiger partial charge in [-0.3, -0.25) is 4.79 Å². The first-order valence-electron chi connectivity index (χ1n) is 10.4. The van der Waals surface area contributed by atoms with Gasteiger partial charge in [0.05, 0.1) is 18.7 Å². The molecule has 3 aromatic rings. The second-order valence-corrected chi connectivity index (χ2v) is 8.84. The van der Waals surface area contributed by atoms with Crippen LogP contribution in [0.2, 0.25) is 0 Å². The fourth-order valence-corrected chi connectivity index (χ4v) is 3.92. The third kappa shape index (κ3) is 4.59. The molecule has 10 heteroatoms. The number of rotatable bonds is 5. The van der Waals surface area contributed by atoms with Crippen LogP contribution in [0.3, 0.4) is 0 Å². The van der Waals surface area contributed by atoms with Gasteiger partial charge in [0.25, 0.3) is 5.91 Å². The molecule has 0 N–H and O–H groups in total. The van der Waals surface area contributed by atoms with Gasteiger partial charge in [0.2, 0.25) is 11.8 Å². The van der Waals surface area contributed by atoms with Gasteiger partial charge in [0, 0.05) is 17.5 Å². The standard InChI is InChI=1S/C24H21F3N4O3/c1-14-6-5-7-15(10-14)21-30-29-19(34-21)12-31-13-23(2,3)20(22(31)32)33-16-8-9-18(28-4)17(11-16)24(25,26)27/h5-11,20H,12-13H2,1-3H3. The Hall–Kier alpha value is -3.87. The minimum absolute atomic E-state index is 0.0470. The summed E-state index contributed by atoms with van der Waals surface area (Å²) in [7, 11) is 0. The number of aryl methyl sites for hydroxylation is 1. The molecule has 4 rings (SSSR count). The maximum absolute atomic E-state index is 13.3. The summed E-state index contributed by atoms with van der Waals surface area (Å²) < 4.78 is 51.4. The predicted octanol–water partition coefficient (Wildman–Crippen LogP) is 5.43. The molecule has 0 saturated carbocycles. The molecule has 1 amide bonds. The smallest absolute Gasteiger partial charge is 0.407 e. The number of hydrogen-bond donors (Lipinski definition) is 0. The molecule has 1 saturated heterocycles. The molecule has 0 radical (unpaired) electrons. The van der Waals surface area contributed by atoms with Crippen LogP contribution in [0.5, 0.6) is 5.75 Å². The van der Waals surface area contributed by atoms with E-state index in [4.69, 9.17) is 15.7 Å². The highest BCUT2D eigenvalue weighted by atomic mass is 19.4. The first-order valence-corrected chi connectivity index (χ1v) is 10.4. The molecule has 176 valence electrons. The largest absolute Gasteiger partial charge is 0.480 e. The summed E-state index contributed by atoms with van der Waals surface area (Å²) in [5.41, 5.74) is -0.537.